The highest BCUT2D eigenvalue weighted by atomic mass is 127. The van der Waals surface area contributed by atoms with Crippen LogP contribution in [0.1, 0.15) is 40.0 Å². The van der Waals surface area contributed by atoms with Crippen LogP contribution in [-0.4, -0.2) is 50.8 Å². The van der Waals surface area contributed by atoms with Crippen LogP contribution in [0.15, 0.2) is 4.99 Å². The first-order valence-electron chi connectivity index (χ1n) is 7.69. The molecule has 0 aromatic carbocycles. The molecule has 4 nitrogen and oxygen atoms in total. The van der Waals surface area contributed by atoms with E-state index in [-0.39, 0.29) is 24.0 Å². The fraction of sp³-hybridized carbons (Fsp3) is 0.933. The van der Waals surface area contributed by atoms with Crippen molar-refractivity contribution < 1.29 is 4.74 Å². The number of ether oxygens (including phenoxy) is 1. The van der Waals surface area contributed by atoms with E-state index in [2.05, 4.69) is 31.0 Å². The first-order valence-corrected chi connectivity index (χ1v) is 7.69. The van der Waals surface area contributed by atoms with Gasteiger partial charge in [0.15, 0.2) is 5.96 Å². The minimum absolute atomic E-state index is 0. The van der Waals surface area contributed by atoms with Gasteiger partial charge in [0.05, 0.1) is 6.61 Å². The topological polar surface area (TPSA) is 36.9 Å². The van der Waals surface area contributed by atoms with Crippen LogP contribution in [0.2, 0.25) is 0 Å². The van der Waals surface area contributed by atoms with Crippen molar-refractivity contribution in [3.05, 3.63) is 0 Å². The Morgan fingerprint density at radius 2 is 2.20 bits per heavy atom. The van der Waals surface area contributed by atoms with Gasteiger partial charge in [0.1, 0.15) is 0 Å². The lowest BCUT2D eigenvalue weighted by Gasteiger charge is -2.21. The Morgan fingerprint density at radius 1 is 1.45 bits per heavy atom. The number of methoxy groups -OCH3 is 1. The maximum absolute atomic E-state index is 5.25. The smallest absolute Gasteiger partial charge is 0.193 e. The van der Waals surface area contributed by atoms with Crippen molar-refractivity contribution >= 4 is 29.9 Å². The minimum Gasteiger partial charge on any atom is -0.384 e. The van der Waals surface area contributed by atoms with Crippen LogP contribution in [0.5, 0.6) is 0 Å². The van der Waals surface area contributed by atoms with E-state index in [1.807, 2.05) is 0 Å². The first-order chi connectivity index (χ1) is 9.17. The monoisotopic (exact) mass is 397 g/mol. The third-order valence-corrected chi connectivity index (χ3v) is 3.52. The summed E-state index contributed by atoms with van der Waals surface area (Å²) in [7, 11) is 1.79. The normalized spacial score (nSPS) is 19.4. The minimum atomic E-state index is 0. The molecule has 0 aliphatic carbocycles. The average molecular weight is 397 g/mol. The van der Waals surface area contributed by atoms with Gasteiger partial charge in [0, 0.05) is 39.2 Å². The highest BCUT2D eigenvalue weighted by molar-refractivity contribution is 14.0. The Hall–Kier alpha value is -0.0400. The molecule has 1 N–H and O–H groups in total. The number of halogens is 1. The lowest BCUT2D eigenvalue weighted by atomic mass is 10.1. The lowest BCUT2D eigenvalue weighted by Crippen LogP contribution is -2.40. The molecule has 1 aliphatic rings. The highest BCUT2D eigenvalue weighted by Crippen LogP contribution is 2.16. The number of rotatable bonds is 7. The molecule has 0 radical (unpaired) electrons. The van der Waals surface area contributed by atoms with Gasteiger partial charge in [-0.2, -0.15) is 0 Å². The van der Waals surface area contributed by atoms with Crippen LogP contribution >= 0.6 is 24.0 Å². The van der Waals surface area contributed by atoms with E-state index >= 15 is 0 Å². The number of likely N-dealkylation sites (tertiary alicyclic amines) is 1. The van der Waals surface area contributed by atoms with E-state index in [1.165, 1.54) is 19.3 Å². The molecule has 120 valence electrons. The number of aliphatic imine (C=N–C) groups is 1. The van der Waals surface area contributed by atoms with Gasteiger partial charge in [-0.3, -0.25) is 4.99 Å². The molecule has 1 unspecified atom stereocenters. The first kappa shape index (κ1) is 20.0. The fourth-order valence-corrected chi connectivity index (χ4v) is 2.51. The van der Waals surface area contributed by atoms with Crippen LogP contribution in [0.3, 0.4) is 0 Å². The molecule has 1 rings (SSSR count). The second kappa shape index (κ2) is 11.6. The highest BCUT2D eigenvalue weighted by Gasteiger charge is 2.24. The quantitative estimate of drug-likeness (QED) is 0.311. The zero-order chi connectivity index (χ0) is 14.1. The summed E-state index contributed by atoms with van der Waals surface area (Å²) in [5, 5.41) is 3.41. The predicted octanol–water partition coefficient (Wildman–Crippen LogP) is 2.97. The van der Waals surface area contributed by atoms with Gasteiger partial charge < -0.3 is 15.0 Å². The van der Waals surface area contributed by atoms with Crippen molar-refractivity contribution in [3.8, 4) is 0 Å². The van der Waals surface area contributed by atoms with Crippen LogP contribution in [0.4, 0.5) is 0 Å². The fourth-order valence-electron chi connectivity index (χ4n) is 2.51. The van der Waals surface area contributed by atoms with Crippen molar-refractivity contribution in [3.63, 3.8) is 0 Å². The molecule has 20 heavy (non-hydrogen) atoms. The Morgan fingerprint density at radius 3 is 2.80 bits per heavy atom. The molecule has 0 aromatic rings. The van der Waals surface area contributed by atoms with Crippen LogP contribution in [0, 0.1) is 11.8 Å². The third kappa shape index (κ3) is 7.67. The summed E-state index contributed by atoms with van der Waals surface area (Å²) in [4.78, 5) is 7.13. The van der Waals surface area contributed by atoms with Crippen molar-refractivity contribution in [1.82, 2.24) is 10.2 Å². The standard InChI is InChI=1S/C15H31N3O.HI/c1-5-16-15(17-9-6-7-13(2)3)18-10-8-14(11-18)12-19-4;/h13-14H,5-12H2,1-4H3,(H,16,17);1H. The number of guanidine groups is 1. The maximum Gasteiger partial charge on any atom is 0.193 e. The Bertz CT molecular complexity index is 272. The van der Waals surface area contributed by atoms with E-state index in [1.54, 1.807) is 7.11 Å². The number of hydrogen-bond donors (Lipinski definition) is 1. The molecule has 0 saturated carbocycles. The van der Waals surface area contributed by atoms with Crippen LogP contribution in [-0.2, 0) is 4.74 Å². The molecule has 0 aromatic heterocycles. The van der Waals surface area contributed by atoms with Crippen LogP contribution in [0.25, 0.3) is 0 Å². The van der Waals surface area contributed by atoms with Gasteiger partial charge in [-0.1, -0.05) is 13.8 Å². The molecule has 1 atom stereocenters. The van der Waals surface area contributed by atoms with Gasteiger partial charge in [-0.25, -0.2) is 0 Å². The second-order valence-corrected chi connectivity index (χ2v) is 5.83. The molecule has 1 heterocycles. The Kier molecular flexibility index (Phi) is 11.6. The van der Waals surface area contributed by atoms with Crippen LogP contribution < -0.4 is 5.32 Å². The van der Waals surface area contributed by atoms with Crippen molar-refractivity contribution in [2.24, 2.45) is 16.8 Å². The summed E-state index contributed by atoms with van der Waals surface area (Å²) >= 11 is 0. The van der Waals surface area contributed by atoms with Crippen molar-refractivity contribution in [1.29, 1.82) is 0 Å². The lowest BCUT2D eigenvalue weighted by molar-refractivity contribution is 0.157. The zero-order valence-corrected chi connectivity index (χ0v) is 15.9. The molecule has 1 saturated heterocycles. The third-order valence-electron chi connectivity index (χ3n) is 3.52. The van der Waals surface area contributed by atoms with Crippen molar-refractivity contribution in [2.75, 3.05) is 39.9 Å². The summed E-state index contributed by atoms with van der Waals surface area (Å²) < 4.78 is 5.25. The van der Waals surface area contributed by atoms with Gasteiger partial charge in [0.25, 0.3) is 0 Å². The zero-order valence-electron chi connectivity index (χ0n) is 13.5. The van der Waals surface area contributed by atoms with Gasteiger partial charge in [-0.15, -0.1) is 24.0 Å². The Balaban J connectivity index is 0.00000361. The molecule has 0 amide bonds. The van der Waals surface area contributed by atoms with E-state index in [4.69, 9.17) is 9.73 Å². The average Bonchev–Trinajstić information content (AvgIpc) is 2.82. The molecule has 0 spiro atoms. The molecular formula is C15H32IN3O. The summed E-state index contributed by atoms with van der Waals surface area (Å²) in [6.07, 6.45) is 3.65. The molecular weight excluding hydrogens is 365 g/mol. The van der Waals surface area contributed by atoms with E-state index in [0.29, 0.717) is 5.92 Å². The maximum atomic E-state index is 5.25. The number of nitrogens with one attached hydrogen (secondary N) is 1. The van der Waals surface area contributed by atoms with Gasteiger partial charge in [-0.05, 0) is 32.1 Å². The van der Waals surface area contributed by atoms with Gasteiger partial charge >= 0.3 is 0 Å². The van der Waals surface area contributed by atoms with E-state index in [0.717, 1.165) is 44.7 Å². The van der Waals surface area contributed by atoms with Gasteiger partial charge in [0.2, 0.25) is 0 Å². The molecule has 1 aliphatic heterocycles. The predicted molar refractivity (Wildman–Crippen MR) is 97.0 cm³/mol. The Labute approximate surface area is 141 Å². The summed E-state index contributed by atoms with van der Waals surface area (Å²) in [6.45, 7) is 11.6. The summed E-state index contributed by atoms with van der Waals surface area (Å²) in [5.41, 5.74) is 0. The largest absolute Gasteiger partial charge is 0.384 e. The summed E-state index contributed by atoms with van der Waals surface area (Å²) in [6, 6.07) is 0. The summed E-state index contributed by atoms with van der Waals surface area (Å²) in [5.74, 6) is 2.52. The molecule has 0 bridgehead atoms. The van der Waals surface area contributed by atoms with E-state index in [9.17, 15) is 0 Å². The molecule has 5 heteroatoms. The second-order valence-electron chi connectivity index (χ2n) is 5.83. The SMILES string of the molecule is CCNC(=NCCCC(C)C)N1CCC(COC)C1.I. The molecule has 1 fully saturated rings. The van der Waals surface area contributed by atoms with E-state index < -0.39 is 0 Å². The number of hydrogen-bond acceptors (Lipinski definition) is 2. The van der Waals surface area contributed by atoms with Crippen molar-refractivity contribution in [2.45, 2.75) is 40.0 Å². The number of nitrogens with zero attached hydrogens (tertiary/aromatic N) is 2.